The third-order valence-corrected chi connectivity index (χ3v) is 4.03. The van der Waals surface area contributed by atoms with Gasteiger partial charge in [-0.05, 0) is 47.0 Å². The van der Waals surface area contributed by atoms with Crippen molar-refractivity contribution >= 4 is 44.9 Å². The second-order valence-corrected chi connectivity index (χ2v) is 6.06. The molecule has 1 aliphatic rings. The van der Waals surface area contributed by atoms with Gasteiger partial charge >= 0.3 is 0 Å². The van der Waals surface area contributed by atoms with Gasteiger partial charge in [-0.1, -0.05) is 11.6 Å². The highest BCUT2D eigenvalue weighted by Crippen LogP contribution is 2.39. The minimum absolute atomic E-state index is 0.512. The maximum absolute atomic E-state index is 5.95. The van der Waals surface area contributed by atoms with Gasteiger partial charge in [-0.15, -0.1) is 0 Å². The standard InChI is InChI=1S/C14H14BrClN4/c1-17-12-7-13(20-14(19-12)8-2-3-8)18-11-5-4-9(16)6-10(11)15/h4-8H,2-3H2,1H3,(H2,17,18,19,20). The van der Waals surface area contributed by atoms with E-state index in [1.807, 2.05) is 31.3 Å². The Morgan fingerprint density at radius 1 is 1.20 bits per heavy atom. The summed E-state index contributed by atoms with van der Waals surface area (Å²) in [5, 5.41) is 7.07. The quantitative estimate of drug-likeness (QED) is 0.846. The van der Waals surface area contributed by atoms with Crippen molar-refractivity contribution in [1.29, 1.82) is 0 Å². The van der Waals surface area contributed by atoms with Crippen molar-refractivity contribution in [2.24, 2.45) is 0 Å². The van der Waals surface area contributed by atoms with Gasteiger partial charge in [-0.25, -0.2) is 9.97 Å². The molecule has 0 saturated heterocycles. The predicted octanol–water partition coefficient (Wildman–Crippen LogP) is 4.56. The largest absolute Gasteiger partial charge is 0.373 e. The lowest BCUT2D eigenvalue weighted by molar-refractivity contribution is 0.932. The van der Waals surface area contributed by atoms with E-state index in [0.29, 0.717) is 10.9 Å². The topological polar surface area (TPSA) is 49.8 Å². The van der Waals surface area contributed by atoms with E-state index in [2.05, 4.69) is 36.5 Å². The molecule has 1 saturated carbocycles. The molecule has 4 nitrogen and oxygen atoms in total. The summed E-state index contributed by atoms with van der Waals surface area (Å²) in [5.41, 5.74) is 0.928. The van der Waals surface area contributed by atoms with Crippen molar-refractivity contribution in [3.05, 3.63) is 39.6 Å². The zero-order valence-corrected chi connectivity index (χ0v) is 13.3. The number of benzene rings is 1. The average molecular weight is 354 g/mol. The Hall–Kier alpha value is -1.33. The van der Waals surface area contributed by atoms with Crippen LogP contribution in [0.3, 0.4) is 0 Å². The van der Waals surface area contributed by atoms with Crippen LogP contribution in [0, 0.1) is 0 Å². The summed E-state index contributed by atoms with van der Waals surface area (Å²) in [4.78, 5) is 9.08. The predicted molar refractivity (Wildman–Crippen MR) is 86.0 cm³/mol. The van der Waals surface area contributed by atoms with Crippen molar-refractivity contribution in [3.8, 4) is 0 Å². The third-order valence-electron chi connectivity index (χ3n) is 3.14. The van der Waals surface area contributed by atoms with E-state index < -0.39 is 0 Å². The fraction of sp³-hybridized carbons (Fsp3) is 0.286. The normalized spacial score (nSPS) is 14.2. The summed E-state index contributed by atoms with van der Waals surface area (Å²) in [5.74, 6) is 3.03. The zero-order chi connectivity index (χ0) is 14.1. The van der Waals surface area contributed by atoms with Crippen LogP contribution in [-0.4, -0.2) is 17.0 Å². The summed E-state index contributed by atoms with van der Waals surface area (Å²) in [6.45, 7) is 0. The Kier molecular flexibility index (Phi) is 3.81. The summed E-state index contributed by atoms with van der Waals surface area (Å²) in [6.07, 6.45) is 2.36. The Bertz CT molecular complexity index is 643. The summed E-state index contributed by atoms with van der Waals surface area (Å²) < 4.78 is 0.905. The van der Waals surface area contributed by atoms with Gasteiger partial charge in [-0.3, -0.25) is 0 Å². The first kappa shape index (κ1) is 13.6. The van der Waals surface area contributed by atoms with Gasteiger partial charge in [0, 0.05) is 28.5 Å². The van der Waals surface area contributed by atoms with Crippen LogP contribution in [0.15, 0.2) is 28.7 Å². The second-order valence-electron chi connectivity index (χ2n) is 4.77. The van der Waals surface area contributed by atoms with Gasteiger partial charge in [0.25, 0.3) is 0 Å². The van der Waals surface area contributed by atoms with Gasteiger partial charge < -0.3 is 10.6 Å². The Morgan fingerprint density at radius 3 is 2.60 bits per heavy atom. The van der Waals surface area contributed by atoms with E-state index in [9.17, 15) is 0 Å². The molecule has 0 atom stereocenters. The SMILES string of the molecule is CNc1cc(Nc2ccc(Cl)cc2Br)nc(C2CC2)n1. The van der Waals surface area contributed by atoms with Gasteiger partial charge in [-0.2, -0.15) is 0 Å². The van der Waals surface area contributed by atoms with E-state index in [1.165, 1.54) is 12.8 Å². The van der Waals surface area contributed by atoms with E-state index >= 15 is 0 Å². The van der Waals surface area contributed by atoms with Gasteiger partial charge in [0.05, 0.1) is 5.69 Å². The lowest BCUT2D eigenvalue weighted by atomic mass is 10.3. The molecule has 0 radical (unpaired) electrons. The van der Waals surface area contributed by atoms with E-state index in [-0.39, 0.29) is 0 Å². The Morgan fingerprint density at radius 2 is 1.95 bits per heavy atom. The molecule has 2 aromatic rings. The molecule has 0 aliphatic heterocycles. The van der Waals surface area contributed by atoms with E-state index in [0.717, 1.165) is 27.6 Å². The Balaban J connectivity index is 1.91. The molecule has 1 fully saturated rings. The molecule has 1 aliphatic carbocycles. The summed E-state index contributed by atoms with van der Waals surface area (Å²) in [6, 6.07) is 7.51. The molecule has 1 heterocycles. The molecule has 1 aromatic carbocycles. The van der Waals surface area contributed by atoms with Crippen LogP contribution in [0.5, 0.6) is 0 Å². The van der Waals surface area contributed by atoms with Crippen molar-refractivity contribution < 1.29 is 0 Å². The average Bonchev–Trinajstić information content (AvgIpc) is 3.26. The highest BCUT2D eigenvalue weighted by Gasteiger charge is 2.27. The van der Waals surface area contributed by atoms with Gasteiger partial charge in [0.15, 0.2) is 0 Å². The number of hydrogen-bond donors (Lipinski definition) is 2. The van der Waals surface area contributed by atoms with Crippen LogP contribution in [-0.2, 0) is 0 Å². The molecule has 6 heteroatoms. The molecule has 0 bridgehead atoms. The third kappa shape index (κ3) is 3.04. The zero-order valence-electron chi connectivity index (χ0n) is 11.0. The summed E-state index contributed by atoms with van der Waals surface area (Å²) in [7, 11) is 1.86. The molecule has 20 heavy (non-hydrogen) atoms. The first-order valence-electron chi connectivity index (χ1n) is 6.44. The highest BCUT2D eigenvalue weighted by molar-refractivity contribution is 9.10. The number of rotatable bonds is 4. The van der Waals surface area contributed by atoms with Gasteiger partial charge in [0.2, 0.25) is 0 Å². The van der Waals surface area contributed by atoms with Crippen LogP contribution in [0.25, 0.3) is 0 Å². The number of nitrogens with one attached hydrogen (secondary N) is 2. The molecule has 1 aromatic heterocycles. The molecule has 0 amide bonds. The van der Waals surface area contributed by atoms with Crippen LogP contribution in [0.1, 0.15) is 24.6 Å². The molecular weight excluding hydrogens is 340 g/mol. The maximum Gasteiger partial charge on any atom is 0.136 e. The molecule has 104 valence electrons. The molecule has 0 spiro atoms. The first-order chi connectivity index (χ1) is 9.65. The molecule has 2 N–H and O–H groups in total. The van der Waals surface area contributed by atoms with Gasteiger partial charge in [0.1, 0.15) is 17.5 Å². The van der Waals surface area contributed by atoms with Crippen LogP contribution in [0.2, 0.25) is 5.02 Å². The van der Waals surface area contributed by atoms with E-state index in [1.54, 1.807) is 0 Å². The molecule has 3 rings (SSSR count). The number of anilines is 3. The number of hydrogen-bond acceptors (Lipinski definition) is 4. The van der Waals surface area contributed by atoms with Crippen LogP contribution < -0.4 is 10.6 Å². The lowest BCUT2D eigenvalue weighted by Gasteiger charge is -2.11. The minimum atomic E-state index is 0.512. The van der Waals surface area contributed by atoms with Crippen molar-refractivity contribution in [1.82, 2.24) is 9.97 Å². The summed E-state index contributed by atoms with van der Waals surface area (Å²) >= 11 is 9.44. The minimum Gasteiger partial charge on any atom is -0.373 e. The van der Waals surface area contributed by atoms with E-state index in [4.69, 9.17) is 11.6 Å². The number of halogens is 2. The van der Waals surface area contributed by atoms with Crippen LogP contribution in [0.4, 0.5) is 17.3 Å². The molecule has 0 unspecified atom stereocenters. The maximum atomic E-state index is 5.95. The molecular formula is C14H14BrClN4. The Labute approximate surface area is 131 Å². The number of aromatic nitrogens is 2. The first-order valence-corrected chi connectivity index (χ1v) is 7.61. The fourth-order valence-corrected chi connectivity index (χ4v) is 2.69. The van der Waals surface area contributed by atoms with Crippen molar-refractivity contribution in [3.63, 3.8) is 0 Å². The number of nitrogens with zero attached hydrogens (tertiary/aromatic N) is 2. The monoisotopic (exact) mass is 352 g/mol. The smallest absolute Gasteiger partial charge is 0.136 e. The fourth-order valence-electron chi connectivity index (χ4n) is 1.91. The lowest BCUT2D eigenvalue weighted by Crippen LogP contribution is -2.03. The highest BCUT2D eigenvalue weighted by atomic mass is 79.9. The second kappa shape index (κ2) is 5.58. The van der Waals surface area contributed by atoms with Crippen molar-refractivity contribution in [2.75, 3.05) is 17.7 Å². The van der Waals surface area contributed by atoms with Crippen molar-refractivity contribution in [2.45, 2.75) is 18.8 Å². The van der Waals surface area contributed by atoms with Crippen LogP contribution >= 0.6 is 27.5 Å².